The first-order valence-electron chi connectivity index (χ1n) is 6.67. The van der Waals surface area contributed by atoms with E-state index in [0.29, 0.717) is 10.7 Å². The van der Waals surface area contributed by atoms with Crippen molar-refractivity contribution in [2.75, 3.05) is 13.7 Å². The highest BCUT2D eigenvalue weighted by molar-refractivity contribution is 6.30. The standard InChI is InChI=1S/C15H14ClN3O4/c1-23-15(22)8-17-13(20)9-19-14(21)7-6-12(18-19)10-2-4-11(16)5-3-10/h2-7H,8-9H2,1H3,(H,17,20). The van der Waals surface area contributed by atoms with Crippen LogP contribution in [0.4, 0.5) is 0 Å². The van der Waals surface area contributed by atoms with Crippen molar-refractivity contribution in [2.45, 2.75) is 6.54 Å². The van der Waals surface area contributed by atoms with E-state index in [1.807, 2.05) is 0 Å². The molecule has 0 aliphatic carbocycles. The van der Waals surface area contributed by atoms with Gasteiger partial charge in [0.25, 0.3) is 5.56 Å². The minimum Gasteiger partial charge on any atom is -0.468 e. The van der Waals surface area contributed by atoms with Crippen molar-refractivity contribution < 1.29 is 14.3 Å². The summed E-state index contributed by atoms with van der Waals surface area (Å²) in [6.07, 6.45) is 0. The molecule has 1 aromatic carbocycles. The molecule has 0 aliphatic heterocycles. The number of carbonyl (C=O) groups excluding carboxylic acids is 2. The third-order valence-corrected chi connectivity index (χ3v) is 3.21. The summed E-state index contributed by atoms with van der Waals surface area (Å²) in [5.41, 5.74) is 0.871. The summed E-state index contributed by atoms with van der Waals surface area (Å²) < 4.78 is 5.44. The van der Waals surface area contributed by atoms with Gasteiger partial charge in [0.2, 0.25) is 5.91 Å². The van der Waals surface area contributed by atoms with Crippen molar-refractivity contribution in [2.24, 2.45) is 0 Å². The summed E-state index contributed by atoms with van der Waals surface area (Å²) >= 11 is 5.83. The smallest absolute Gasteiger partial charge is 0.325 e. The molecule has 0 bridgehead atoms. The van der Waals surface area contributed by atoms with Crippen LogP contribution in [0.15, 0.2) is 41.2 Å². The van der Waals surface area contributed by atoms with Gasteiger partial charge >= 0.3 is 5.97 Å². The van der Waals surface area contributed by atoms with Crippen molar-refractivity contribution in [3.63, 3.8) is 0 Å². The molecular formula is C15H14ClN3O4. The first-order valence-corrected chi connectivity index (χ1v) is 7.05. The molecule has 2 aromatic rings. The number of nitrogens with one attached hydrogen (secondary N) is 1. The molecule has 1 heterocycles. The molecule has 7 nitrogen and oxygen atoms in total. The number of methoxy groups -OCH3 is 1. The van der Waals surface area contributed by atoms with Gasteiger partial charge in [-0.3, -0.25) is 14.4 Å². The number of benzene rings is 1. The van der Waals surface area contributed by atoms with Crippen LogP contribution in [0.3, 0.4) is 0 Å². The third-order valence-electron chi connectivity index (χ3n) is 2.96. The Hall–Kier alpha value is -2.67. The van der Waals surface area contributed by atoms with Crippen molar-refractivity contribution in [1.82, 2.24) is 15.1 Å². The molecule has 23 heavy (non-hydrogen) atoms. The summed E-state index contributed by atoms with van der Waals surface area (Å²) in [5.74, 6) is -1.09. The fourth-order valence-corrected chi connectivity index (χ4v) is 1.90. The zero-order valence-corrected chi connectivity index (χ0v) is 13.0. The Morgan fingerprint density at radius 1 is 1.22 bits per heavy atom. The monoisotopic (exact) mass is 335 g/mol. The van der Waals surface area contributed by atoms with Gasteiger partial charge < -0.3 is 10.1 Å². The number of hydrogen-bond acceptors (Lipinski definition) is 5. The van der Waals surface area contributed by atoms with Crippen molar-refractivity contribution >= 4 is 23.5 Å². The van der Waals surface area contributed by atoms with E-state index in [2.05, 4.69) is 15.2 Å². The lowest BCUT2D eigenvalue weighted by Crippen LogP contribution is -2.36. The maximum Gasteiger partial charge on any atom is 0.325 e. The van der Waals surface area contributed by atoms with Crippen LogP contribution in [0.5, 0.6) is 0 Å². The fourth-order valence-electron chi connectivity index (χ4n) is 1.77. The molecular weight excluding hydrogens is 322 g/mol. The lowest BCUT2D eigenvalue weighted by atomic mass is 10.1. The van der Waals surface area contributed by atoms with E-state index in [9.17, 15) is 14.4 Å². The predicted molar refractivity (Wildman–Crippen MR) is 84.0 cm³/mol. The van der Waals surface area contributed by atoms with Crippen LogP contribution in [-0.4, -0.2) is 35.3 Å². The van der Waals surface area contributed by atoms with Gasteiger partial charge in [-0.2, -0.15) is 5.10 Å². The van der Waals surface area contributed by atoms with Gasteiger partial charge in [0.15, 0.2) is 0 Å². The highest BCUT2D eigenvalue weighted by Crippen LogP contribution is 2.18. The van der Waals surface area contributed by atoms with E-state index in [1.165, 1.54) is 13.2 Å². The van der Waals surface area contributed by atoms with E-state index < -0.39 is 17.4 Å². The van der Waals surface area contributed by atoms with Crippen molar-refractivity contribution in [1.29, 1.82) is 0 Å². The van der Waals surface area contributed by atoms with Gasteiger partial charge in [-0.05, 0) is 18.2 Å². The Bertz CT molecular complexity index is 771. The van der Waals surface area contributed by atoms with Crippen LogP contribution >= 0.6 is 11.6 Å². The second-order valence-corrected chi connectivity index (χ2v) is 5.01. The number of rotatable bonds is 5. The Balaban J connectivity index is 2.14. The summed E-state index contributed by atoms with van der Waals surface area (Å²) in [4.78, 5) is 34.5. The molecule has 0 atom stereocenters. The lowest BCUT2D eigenvalue weighted by molar-refractivity contribution is -0.141. The average Bonchev–Trinajstić information content (AvgIpc) is 2.55. The van der Waals surface area contributed by atoms with Gasteiger partial charge in [-0.15, -0.1) is 0 Å². The number of nitrogens with zero attached hydrogens (tertiary/aromatic N) is 2. The van der Waals surface area contributed by atoms with Crippen LogP contribution in [0.1, 0.15) is 0 Å². The van der Waals surface area contributed by atoms with Crippen molar-refractivity contribution in [3.05, 3.63) is 51.8 Å². The zero-order chi connectivity index (χ0) is 16.8. The minimum atomic E-state index is -0.575. The maximum atomic E-state index is 11.8. The van der Waals surface area contributed by atoms with Crippen LogP contribution < -0.4 is 10.9 Å². The second kappa shape index (κ2) is 7.55. The van der Waals surface area contributed by atoms with Crippen molar-refractivity contribution in [3.8, 4) is 11.3 Å². The zero-order valence-electron chi connectivity index (χ0n) is 12.3. The van der Waals surface area contributed by atoms with E-state index in [4.69, 9.17) is 11.6 Å². The number of amides is 1. The molecule has 2 rings (SSSR count). The number of halogens is 1. The van der Waals surface area contributed by atoms with Gasteiger partial charge in [0, 0.05) is 16.7 Å². The maximum absolute atomic E-state index is 11.8. The van der Waals surface area contributed by atoms with Crippen LogP contribution in [0.25, 0.3) is 11.3 Å². The molecule has 1 aromatic heterocycles. The normalized spacial score (nSPS) is 10.2. The Morgan fingerprint density at radius 2 is 1.91 bits per heavy atom. The number of aromatic nitrogens is 2. The predicted octanol–water partition coefficient (Wildman–Crippen LogP) is 0.853. The molecule has 120 valence electrons. The molecule has 0 aliphatic rings. The van der Waals surface area contributed by atoms with Crippen LogP contribution in [0.2, 0.25) is 5.02 Å². The Kier molecular flexibility index (Phi) is 5.48. The molecule has 1 N–H and O–H groups in total. The molecule has 1 amide bonds. The quantitative estimate of drug-likeness (QED) is 0.818. The molecule has 0 spiro atoms. The molecule has 0 saturated carbocycles. The summed E-state index contributed by atoms with van der Waals surface area (Å²) in [7, 11) is 1.22. The number of carbonyl (C=O) groups is 2. The minimum absolute atomic E-state index is 0.263. The SMILES string of the molecule is COC(=O)CNC(=O)Cn1nc(-c2ccc(Cl)cc2)ccc1=O. The van der Waals surface area contributed by atoms with Gasteiger partial charge in [-0.25, -0.2) is 4.68 Å². The topological polar surface area (TPSA) is 90.3 Å². The molecule has 0 fully saturated rings. The van der Waals surface area contributed by atoms with Crippen LogP contribution in [-0.2, 0) is 20.9 Å². The van der Waals surface area contributed by atoms with Gasteiger partial charge in [0.1, 0.15) is 13.1 Å². The summed E-state index contributed by atoms with van der Waals surface area (Å²) in [6.45, 7) is -0.557. The second-order valence-electron chi connectivity index (χ2n) is 4.57. The highest BCUT2D eigenvalue weighted by atomic mass is 35.5. The third kappa shape index (κ3) is 4.65. The van der Waals surface area contributed by atoms with E-state index in [0.717, 1.165) is 10.2 Å². The first kappa shape index (κ1) is 16.7. The average molecular weight is 336 g/mol. The molecule has 8 heteroatoms. The van der Waals surface area contributed by atoms with Crippen LogP contribution in [0, 0.1) is 0 Å². The lowest BCUT2D eigenvalue weighted by Gasteiger charge is -2.08. The number of ether oxygens (including phenoxy) is 1. The van der Waals surface area contributed by atoms with Gasteiger partial charge in [0.05, 0.1) is 12.8 Å². The Morgan fingerprint density at radius 3 is 2.57 bits per heavy atom. The van der Waals surface area contributed by atoms with E-state index >= 15 is 0 Å². The summed E-state index contributed by atoms with van der Waals surface area (Å²) in [6, 6.07) is 9.82. The summed E-state index contributed by atoms with van der Waals surface area (Å²) in [5, 5.41) is 7.08. The highest BCUT2D eigenvalue weighted by Gasteiger charge is 2.09. The first-order chi connectivity index (χ1) is 11.0. The largest absolute Gasteiger partial charge is 0.468 e. The van der Waals surface area contributed by atoms with Gasteiger partial charge in [-0.1, -0.05) is 23.7 Å². The van der Waals surface area contributed by atoms with E-state index in [1.54, 1.807) is 30.3 Å². The van der Waals surface area contributed by atoms with E-state index in [-0.39, 0.29) is 13.1 Å². The molecule has 0 unspecified atom stereocenters. The molecule has 0 saturated heterocycles. The number of hydrogen-bond donors (Lipinski definition) is 1. The Labute approximate surface area is 136 Å². The fraction of sp³-hybridized carbons (Fsp3) is 0.200. The number of esters is 1. The molecule has 0 radical (unpaired) electrons.